The Morgan fingerprint density at radius 3 is 2.59 bits per heavy atom. The zero-order chi connectivity index (χ0) is 22.7. The van der Waals surface area contributed by atoms with E-state index in [1.807, 2.05) is 19.9 Å². The van der Waals surface area contributed by atoms with Gasteiger partial charge < -0.3 is 19.2 Å². The Morgan fingerprint density at radius 1 is 1.12 bits per heavy atom. The van der Waals surface area contributed by atoms with E-state index in [2.05, 4.69) is 11.4 Å². The summed E-state index contributed by atoms with van der Waals surface area (Å²) >= 11 is 0. The second kappa shape index (κ2) is 9.30. The number of methoxy groups -OCH3 is 1. The molecule has 0 unspecified atom stereocenters. The Morgan fingerprint density at radius 2 is 1.88 bits per heavy atom. The molecule has 3 aromatic rings. The summed E-state index contributed by atoms with van der Waals surface area (Å²) in [5, 5.41) is 3.94. The smallest absolute Gasteiger partial charge is 0.337 e. The fourth-order valence-electron chi connectivity index (χ4n) is 4.13. The molecule has 0 saturated carbocycles. The number of hydrogen-bond acceptors (Lipinski definition) is 5. The van der Waals surface area contributed by atoms with E-state index in [4.69, 9.17) is 13.9 Å². The number of benzene rings is 2. The molecule has 0 atom stereocenters. The third-order valence-corrected chi connectivity index (χ3v) is 5.70. The molecule has 4 rings (SSSR count). The average molecular weight is 434 g/mol. The quantitative estimate of drug-likeness (QED) is 0.408. The Balaban J connectivity index is 1.61. The van der Waals surface area contributed by atoms with Crippen molar-refractivity contribution >= 4 is 34.1 Å². The molecular formula is C26H27NO5. The summed E-state index contributed by atoms with van der Waals surface area (Å²) < 4.78 is 16.7. The second-order valence-electron chi connectivity index (χ2n) is 7.87. The Hall–Kier alpha value is -3.54. The Kier molecular flexibility index (Phi) is 6.30. The third-order valence-electron chi connectivity index (χ3n) is 5.70. The number of furan rings is 1. The SMILES string of the molecule is CCOc1cc2oc3c(c2cc1/C(C)=C/C(=O)Nc1ccc(C(=O)OC)cc1)CCCC3. The van der Waals surface area contributed by atoms with Gasteiger partial charge in [-0.25, -0.2) is 4.79 Å². The van der Waals surface area contributed by atoms with Crippen LogP contribution in [0.3, 0.4) is 0 Å². The number of esters is 1. The van der Waals surface area contributed by atoms with Crippen molar-refractivity contribution in [2.45, 2.75) is 39.5 Å². The van der Waals surface area contributed by atoms with Crippen LogP contribution in [0.25, 0.3) is 16.5 Å². The molecule has 2 aromatic carbocycles. The molecule has 0 fully saturated rings. The number of ether oxygens (including phenoxy) is 2. The summed E-state index contributed by atoms with van der Waals surface area (Å²) in [5.41, 5.74) is 4.81. The first-order valence-electron chi connectivity index (χ1n) is 10.9. The molecule has 166 valence electrons. The summed E-state index contributed by atoms with van der Waals surface area (Å²) in [4.78, 5) is 24.2. The first kappa shape index (κ1) is 21.7. The van der Waals surface area contributed by atoms with Crippen molar-refractivity contribution in [3.05, 3.63) is 64.9 Å². The molecular weight excluding hydrogens is 406 g/mol. The van der Waals surface area contributed by atoms with Crippen LogP contribution in [0.4, 0.5) is 5.69 Å². The van der Waals surface area contributed by atoms with Gasteiger partial charge in [-0.1, -0.05) is 0 Å². The molecule has 32 heavy (non-hydrogen) atoms. The molecule has 0 radical (unpaired) electrons. The standard InChI is InChI=1S/C26H27NO5/c1-4-31-23-15-24-21(19-7-5-6-8-22(19)32-24)14-20(23)16(2)13-25(28)27-18-11-9-17(10-12-18)26(29)30-3/h9-15H,4-8H2,1-3H3,(H,27,28)/b16-13+. The van der Waals surface area contributed by atoms with E-state index in [0.29, 0.717) is 23.6 Å². The predicted octanol–water partition coefficient (Wildman–Crippen LogP) is 5.54. The number of rotatable bonds is 6. The largest absolute Gasteiger partial charge is 0.493 e. The maximum absolute atomic E-state index is 12.6. The zero-order valence-electron chi connectivity index (χ0n) is 18.6. The van der Waals surface area contributed by atoms with Crippen LogP contribution in [0.5, 0.6) is 5.75 Å². The number of carbonyl (C=O) groups is 2. The Bertz CT molecular complexity index is 1190. The number of anilines is 1. The number of hydrogen-bond donors (Lipinski definition) is 1. The maximum Gasteiger partial charge on any atom is 0.337 e. The highest BCUT2D eigenvalue weighted by molar-refractivity contribution is 6.05. The summed E-state index contributed by atoms with van der Waals surface area (Å²) in [7, 11) is 1.33. The predicted molar refractivity (Wildman–Crippen MR) is 124 cm³/mol. The first-order valence-corrected chi connectivity index (χ1v) is 10.9. The van der Waals surface area contributed by atoms with Crippen LogP contribution in [0, 0.1) is 0 Å². The summed E-state index contributed by atoms with van der Waals surface area (Å²) in [6.45, 7) is 4.35. The van der Waals surface area contributed by atoms with Crippen molar-refractivity contribution in [3.8, 4) is 5.75 Å². The number of aryl methyl sites for hydroxylation is 2. The van der Waals surface area contributed by atoms with Crippen LogP contribution in [0.2, 0.25) is 0 Å². The third kappa shape index (κ3) is 4.40. The zero-order valence-corrected chi connectivity index (χ0v) is 18.6. The van der Waals surface area contributed by atoms with Gasteiger partial charge in [-0.2, -0.15) is 0 Å². The van der Waals surface area contributed by atoms with E-state index < -0.39 is 5.97 Å². The highest BCUT2D eigenvalue weighted by atomic mass is 16.5. The van der Waals surface area contributed by atoms with Gasteiger partial charge in [0.2, 0.25) is 5.91 Å². The number of nitrogens with one attached hydrogen (secondary N) is 1. The lowest BCUT2D eigenvalue weighted by molar-refractivity contribution is -0.111. The highest BCUT2D eigenvalue weighted by Crippen LogP contribution is 2.38. The van der Waals surface area contributed by atoms with Gasteiger partial charge in [0, 0.05) is 40.8 Å². The fraction of sp³-hybridized carbons (Fsp3) is 0.308. The van der Waals surface area contributed by atoms with Gasteiger partial charge in [-0.15, -0.1) is 0 Å². The summed E-state index contributed by atoms with van der Waals surface area (Å²) in [5.74, 6) is 1.10. The van der Waals surface area contributed by atoms with Gasteiger partial charge in [-0.05, 0) is 69.0 Å². The second-order valence-corrected chi connectivity index (χ2v) is 7.87. The van der Waals surface area contributed by atoms with Crippen molar-refractivity contribution in [3.63, 3.8) is 0 Å². The molecule has 0 bridgehead atoms. The van der Waals surface area contributed by atoms with Gasteiger partial charge in [0.05, 0.1) is 19.3 Å². The number of carbonyl (C=O) groups excluding carboxylic acids is 2. The van der Waals surface area contributed by atoms with Crippen molar-refractivity contribution in [2.24, 2.45) is 0 Å². The van der Waals surface area contributed by atoms with Crippen molar-refractivity contribution in [1.29, 1.82) is 0 Å². The molecule has 1 N–H and O–H groups in total. The molecule has 1 aliphatic rings. The summed E-state index contributed by atoms with van der Waals surface area (Å²) in [6.07, 6.45) is 5.86. The normalized spacial score (nSPS) is 13.5. The van der Waals surface area contributed by atoms with Gasteiger partial charge >= 0.3 is 5.97 Å². The molecule has 0 saturated heterocycles. The average Bonchev–Trinajstić information content (AvgIpc) is 3.16. The molecule has 1 aromatic heterocycles. The maximum atomic E-state index is 12.6. The van der Waals surface area contributed by atoms with Crippen LogP contribution in [0.15, 0.2) is 46.9 Å². The monoisotopic (exact) mass is 433 g/mol. The minimum absolute atomic E-state index is 0.259. The van der Waals surface area contributed by atoms with E-state index in [1.54, 1.807) is 30.3 Å². The van der Waals surface area contributed by atoms with Crippen molar-refractivity contribution in [2.75, 3.05) is 19.0 Å². The first-order chi connectivity index (χ1) is 15.5. The van der Waals surface area contributed by atoms with Gasteiger partial charge in [0.1, 0.15) is 17.1 Å². The lowest BCUT2D eigenvalue weighted by Crippen LogP contribution is -2.09. The Labute approximate surface area is 187 Å². The molecule has 1 aliphatic carbocycles. The fourth-order valence-corrected chi connectivity index (χ4v) is 4.13. The highest BCUT2D eigenvalue weighted by Gasteiger charge is 2.20. The molecule has 1 amide bonds. The lowest BCUT2D eigenvalue weighted by Gasteiger charge is -2.12. The van der Waals surface area contributed by atoms with E-state index in [0.717, 1.165) is 53.5 Å². The van der Waals surface area contributed by atoms with Gasteiger partial charge in [0.15, 0.2) is 0 Å². The van der Waals surface area contributed by atoms with Crippen molar-refractivity contribution in [1.82, 2.24) is 0 Å². The van der Waals surface area contributed by atoms with Gasteiger partial charge in [0.25, 0.3) is 0 Å². The molecule has 0 aliphatic heterocycles. The molecule has 6 nitrogen and oxygen atoms in total. The molecule has 6 heteroatoms. The van der Waals surface area contributed by atoms with Crippen LogP contribution >= 0.6 is 0 Å². The van der Waals surface area contributed by atoms with Crippen LogP contribution in [-0.2, 0) is 22.4 Å². The van der Waals surface area contributed by atoms with E-state index in [1.165, 1.54) is 12.7 Å². The minimum atomic E-state index is -0.418. The van der Waals surface area contributed by atoms with Crippen LogP contribution < -0.4 is 10.1 Å². The number of fused-ring (bicyclic) bond motifs is 3. The summed E-state index contributed by atoms with van der Waals surface area (Å²) in [6, 6.07) is 10.6. The topological polar surface area (TPSA) is 77.8 Å². The molecule has 0 spiro atoms. The van der Waals surface area contributed by atoms with E-state index in [9.17, 15) is 9.59 Å². The van der Waals surface area contributed by atoms with Crippen molar-refractivity contribution < 1.29 is 23.5 Å². The van der Waals surface area contributed by atoms with E-state index in [-0.39, 0.29) is 5.91 Å². The van der Waals surface area contributed by atoms with E-state index >= 15 is 0 Å². The van der Waals surface area contributed by atoms with Crippen LogP contribution in [-0.4, -0.2) is 25.6 Å². The lowest BCUT2D eigenvalue weighted by atomic mass is 9.94. The number of amides is 1. The minimum Gasteiger partial charge on any atom is -0.493 e. The molecule has 1 heterocycles. The number of allylic oxidation sites excluding steroid dienone is 1. The van der Waals surface area contributed by atoms with Crippen LogP contribution in [0.1, 0.15) is 53.9 Å². The van der Waals surface area contributed by atoms with Gasteiger partial charge in [-0.3, -0.25) is 4.79 Å².